The number of aliphatic imine (C=N–C) groups is 1. The molecule has 1 saturated heterocycles. The molecule has 19 heavy (non-hydrogen) atoms. The highest BCUT2D eigenvalue weighted by molar-refractivity contribution is 6.13. The number of rotatable bonds is 4. The lowest BCUT2D eigenvalue weighted by Gasteiger charge is -2.22. The van der Waals surface area contributed by atoms with Gasteiger partial charge in [-0.25, -0.2) is 0 Å². The maximum absolute atomic E-state index is 12.0. The summed E-state index contributed by atoms with van der Waals surface area (Å²) in [6.45, 7) is 3.52. The van der Waals surface area contributed by atoms with Crippen LogP contribution < -0.4 is 5.32 Å². The van der Waals surface area contributed by atoms with Gasteiger partial charge < -0.3 is 14.8 Å². The van der Waals surface area contributed by atoms with Gasteiger partial charge in [-0.05, 0) is 12.8 Å². The Kier molecular flexibility index (Phi) is 4.06. The van der Waals surface area contributed by atoms with E-state index in [0.29, 0.717) is 32.3 Å². The maximum atomic E-state index is 12.0. The number of ketones is 1. The van der Waals surface area contributed by atoms with E-state index in [1.54, 1.807) is 0 Å². The van der Waals surface area contributed by atoms with E-state index < -0.39 is 0 Å². The molecule has 3 aliphatic heterocycles. The van der Waals surface area contributed by atoms with Crippen LogP contribution in [0.15, 0.2) is 16.3 Å². The Morgan fingerprint density at radius 3 is 3.16 bits per heavy atom. The number of nitrogens with zero attached hydrogens (tertiary/aromatic N) is 1. The topological polar surface area (TPSA) is 59.9 Å². The number of carbonyl (C=O) groups is 1. The van der Waals surface area contributed by atoms with Crippen molar-refractivity contribution in [3.05, 3.63) is 11.3 Å². The first kappa shape index (κ1) is 13.0. The first-order chi connectivity index (χ1) is 9.33. The first-order valence-corrected chi connectivity index (χ1v) is 7.04. The lowest BCUT2D eigenvalue weighted by atomic mass is 9.98. The molecule has 1 atom stereocenters. The Bertz CT molecular complexity index is 422. The molecule has 0 radical (unpaired) electrons. The molecule has 104 valence electrons. The van der Waals surface area contributed by atoms with E-state index >= 15 is 0 Å². The Morgan fingerprint density at radius 2 is 2.32 bits per heavy atom. The average molecular weight is 264 g/mol. The molecular formula is C14H20N2O3. The van der Waals surface area contributed by atoms with Crippen molar-refractivity contribution in [3.8, 4) is 0 Å². The van der Waals surface area contributed by atoms with E-state index in [2.05, 4.69) is 10.3 Å². The molecule has 0 aromatic rings. The van der Waals surface area contributed by atoms with Gasteiger partial charge in [-0.1, -0.05) is 0 Å². The van der Waals surface area contributed by atoms with Gasteiger partial charge >= 0.3 is 0 Å². The van der Waals surface area contributed by atoms with Gasteiger partial charge in [-0.3, -0.25) is 9.79 Å². The monoisotopic (exact) mass is 264 g/mol. The predicted octanol–water partition coefficient (Wildman–Crippen LogP) is 0.843. The van der Waals surface area contributed by atoms with Gasteiger partial charge in [0.2, 0.25) is 0 Å². The van der Waals surface area contributed by atoms with Gasteiger partial charge in [0.15, 0.2) is 5.78 Å². The van der Waals surface area contributed by atoms with Crippen LogP contribution in [0.3, 0.4) is 0 Å². The minimum Gasteiger partial charge on any atom is -0.377 e. The summed E-state index contributed by atoms with van der Waals surface area (Å²) in [6, 6.07) is 0. The third-order valence-corrected chi connectivity index (χ3v) is 3.80. The van der Waals surface area contributed by atoms with Crippen LogP contribution in [0.5, 0.6) is 0 Å². The molecule has 0 amide bonds. The molecule has 0 aromatic carbocycles. The van der Waals surface area contributed by atoms with Crippen molar-refractivity contribution in [1.82, 2.24) is 5.32 Å². The fraction of sp³-hybridized carbons (Fsp3) is 0.714. The SMILES string of the molecule is O=C1CC(CNC[C@@H]2CCCO2)=NC2=C1COCC2. The summed E-state index contributed by atoms with van der Waals surface area (Å²) < 4.78 is 10.9. The number of hydrogen-bond donors (Lipinski definition) is 1. The number of hydrogen-bond acceptors (Lipinski definition) is 5. The van der Waals surface area contributed by atoms with Gasteiger partial charge in [-0.2, -0.15) is 0 Å². The van der Waals surface area contributed by atoms with Crippen molar-refractivity contribution in [2.45, 2.75) is 31.8 Å². The van der Waals surface area contributed by atoms with E-state index in [-0.39, 0.29) is 5.78 Å². The zero-order chi connectivity index (χ0) is 13.1. The Labute approximate surface area is 113 Å². The van der Waals surface area contributed by atoms with Gasteiger partial charge in [-0.15, -0.1) is 0 Å². The number of Topliss-reactive ketones (excluding diaryl/α,β-unsaturated/α-hetero) is 1. The summed E-state index contributed by atoms with van der Waals surface area (Å²) in [7, 11) is 0. The molecule has 5 nitrogen and oxygen atoms in total. The summed E-state index contributed by atoms with van der Waals surface area (Å²) in [4.78, 5) is 16.6. The fourth-order valence-corrected chi connectivity index (χ4v) is 2.75. The van der Waals surface area contributed by atoms with Crippen molar-refractivity contribution in [1.29, 1.82) is 0 Å². The van der Waals surface area contributed by atoms with Crippen LogP contribution in [0.25, 0.3) is 0 Å². The van der Waals surface area contributed by atoms with E-state index in [9.17, 15) is 4.79 Å². The van der Waals surface area contributed by atoms with Crippen LogP contribution in [-0.2, 0) is 14.3 Å². The molecule has 5 heteroatoms. The molecule has 0 aromatic heterocycles. The molecule has 0 bridgehead atoms. The second-order valence-corrected chi connectivity index (χ2v) is 5.27. The lowest BCUT2D eigenvalue weighted by Crippen LogP contribution is -2.34. The fourth-order valence-electron chi connectivity index (χ4n) is 2.75. The van der Waals surface area contributed by atoms with Gasteiger partial charge in [0.05, 0.1) is 31.4 Å². The minimum atomic E-state index is 0.179. The highest BCUT2D eigenvalue weighted by atomic mass is 16.5. The standard InChI is InChI=1S/C14H20N2O3/c17-14-6-10(7-15-8-11-2-1-4-19-11)16-13-3-5-18-9-12(13)14/h11,15H,1-9H2/t11-/m0/s1. The van der Waals surface area contributed by atoms with E-state index in [4.69, 9.17) is 9.47 Å². The van der Waals surface area contributed by atoms with Crippen molar-refractivity contribution in [2.24, 2.45) is 4.99 Å². The van der Waals surface area contributed by atoms with Crippen LogP contribution >= 0.6 is 0 Å². The Hall–Kier alpha value is -1.04. The van der Waals surface area contributed by atoms with E-state index in [1.807, 2.05) is 0 Å². The van der Waals surface area contributed by atoms with Crippen molar-refractivity contribution >= 4 is 11.5 Å². The van der Waals surface area contributed by atoms with Gasteiger partial charge in [0.25, 0.3) is 0 Å². The van der Waals surface area contributed by atoms with Crippen molar-refractivity contribution in [2.75, 3.05) is 32.9 Å². The van der Waals surface area contributed by atoms with Crippen molar-refractivity contribution in [3.63, 3.8) is 0 Å². The average Bonchev–Trinajstić information content (AvgIpc) is 2.92. The third kappa shape index (κ3) is 3.11. The second-order valence-electron chi connectivity index (χ2n) is 5.27. The molecule has 3 aliphatic rings. The highest BCUT2D eigenvalue weighted by Gasteiger charge is 2.25. The number of carbonyl (C=O) groups excluding carboxylic acids is 1. The molecule has 3 heterocycles. The molecule has 0 aliphatic carbocycles. The smallest absolute Gasteiger partial charge is 0.168 e. The van der Waals surface area contributed by atoms with Crippen LogP contribution in [-0.4, -0.2) is 50.5 Å². The number of nitrogens with one attached hydrogen (secondary N) is 1. The molecular weight excluding hydrogens is 244 g/mol. The van der Waals surface area contributed by atoms with Crippen molar-refractivity contribution < 1.29 is 14.3 Å². The normalized spacial score (nSPS) is 27.5. The summed E-state index contributed by atoms with van der Waals surface area (Å²) in [5.41, 5.74) is 2.68. The number of ether oxygens (including phenoxy) is 2. The molecule has 0 unspecified atom stereocenters. The Morgan fingerprint density at radius 1 is 1.37 bits per heavy atom. The minimum absolute atomic E-state index is 0.179. The van der Waals surface area contributed by atoms with Crippen LogP contribution in [0.4, 0.5) is 0 Å². The second kappa shape index (κ2) is 5.94. The largest absolute Gasteiger partial charge is 0.377 e. The zero-order valence-electron chi connectivity index (χ0n) is 11.1. The molecule has 3 rings (SSSR count). The summed E-state index contributed by atoms with van der Waals surface area (Å²) >= 11 is 0. The van der Waals surface area contributed by atoms with Crippen LogP contribution in [0.1, 0.15) is 25.7 Å². The van der Waals surface area contributed by atoms with Gasteiger partial charge in [0.1, 0.15) is 0 Å². The first-order valence-electron chi connectivity index (χ1n) is 7.04. The van der Waals surface area contributed by atoms with Crippen LogP contribution in [0.2, 0.25) is 0 Å². The third-order valence-electron chi connectivity index (χ3n) is 3.80. The van der Waals surface area contributed by atoms with E-state index in [1.165, 1.54) is 0 Å². The summed E-state index contributed by atoms with van der Waals surface area (Å²) in [5, 5.41) is 3.35. The van der Waals surface area contributed by atoms with E-state index in [0.717, 1.165) is 49.4 Å². The Balaban J connectivity index is 1.54. The summed E-state index contributed by atoms with van der Waals surface area (Å²) in [6.07, 6.45) is 3.81. The maximum Gasteiger partial charge on any atom is 0.168 e. The molecule has 0 saturated carbocycles. The molecule has 1 fully saturated rings. The summed E-state index contributed by atoms with van der Waals surface area (Å²) in [5.74, 6) is 0.179. The van der Waals surface area contributed by atoms with Crippen LogP contribution in [0, 0.1) is 0 Å². The predicted molar refractivity (Wildman–Crippen MR) is 71.4 cm³/mol. The zero-order valence-corrected chi connectivity index (χ0v) is 11.1. The highest BCUT2D eigenvalue weighted by Crippen LogP contribution is 2.23. The quantitative estimate of drug-likeness (QED) is 0.817. The van der Waals surface area contributed by atoms with Gasteiger partial charge in [0, 0.05) is 37.4 Å². The molecule has 1 N–H and O–H groups in total. The lowest BCUT2D eigenvalue weighted by molar-refractivity contribution is -0.115. The molecule has 0 spiro atoms.